The highest BCUT2D eigenvalue weighted by Gasteiger charge is 2.32. The van der Waals surface area contributed by atoms with Crippen LogP contribution in [0.4, 0.5) is 0 Å². The number of carbonyl (C=O) groups excluding carboxylic acids is 1. The summed E-state index contributed by atoms with van der Waals surface area (Å²) in [5.41, 5.74) is 0. The first-order valence-electron chi connectivity index (χ1n) is 4.68. The van der Waals surface area contributed by atoms with E-state index in [4.69, 9.17) is 9.47 Å². The number of methoxy groups -OCH3 is 1. The van der Waals surface area contributed by atoms with Crippen LogP contribution in [0, 0.1) is 0 Å². The average molecular weight is 311 g/mol. The zero-order chi connectivity index (χ0) is 10.6. The van der Waals surface area contributed by atoms with Gasteiger partial charge in [0, 0.05) is 19.7 Å². The molecule has 1 aliphatic heterocycles. The van der Waals surface area contributed by atoms with Gasteiger partial charge in [-0.25, -0.2) is 0 Å². The molecule has 1 aliphatic rings. The van der Waals surface area contributed by atoms with Crippen molar-refractivity contribution < 1.29 is 14.3 Å². The summed E-state index contributed by atoms with van der Waals surface area (Å²) in [7, 11) is 3.70. The quantitative estimate of drug-likeness (QED) is 0.424. The van der Waals surface area contributed by atoms with E-state index < -0.39 is 0 Å². The molecule has 0 aromatic carbocycles. The van der Waals surface area contributed by atoms with Gasteiger partial charge in [0.1, 0.15) is 14.0 Å². The molecule has 0 aromatic heterocycles. The molecule has 0 bridgehead atoms. The molecule has 0 aliphatic carbocycles. The van der Waals surface area contributed by atoms with Crippen molar-refractivity contribution in [2.75, 3.05) is 18.1 Å². The van der Waals surface area contributed by atoms with Crippen LogP contribution < -0.4 is 5.32 Å². The molecule has 0 spiro atoms. The lowest BCUT2D eigenvalue weighted by atomic mass is 9.96. The third-order valence-electron chi connectivity index (χ3n) is 2.31. The Morgan fingerprint density at radius 3 is 3.07 bits per heavy atom. The van der Waals surface area contributed by atoms with Gasteiger partial charge in [-0.2, -0.15) is 0 Å². The van der Waals surface area contributed by atoms with Gasteiger partial charge in [0.2, 0.25) is 5.91 Å². The number of rotatable bonds is 4. The molecule has 80 valence electrons. The second-order valence-corrected chi connectivity index (χ2v) is 4.20. The molecule has 1 amide bonds. The Hall–Kier alpha value is 0.185. The topological polar surface area (TPSA) is 47.6 Å². The zero-order valence-corrected chi connectivity index (χ0v) is 10.6. The summed E-state index contributed by atoms with van der Waals surface area (Å²) < 4.78 is 11.4. The van der Waals surface area contributed by atoms with Gasteiger partial charge < -0.3 is 14.8 Å². The Bertz CT molecular complexity index is 205. The van der Waals surface area contributed by atoms with E-state index in [1.165, 1.54) is 0 Å². The van der Waals surface area contributed by atoms with E-state index in [2.05, 4.69) is 5.32 Å². The van der Waals surface area contributed by atoms with Crippen LogP contribution in [-0.2, 0) is 14.3 Å². The Balaban J connectivity index is 2.32. The van der Waals surface area contributed by atoms with Crippen molar-refractivity contribution in [2.24, 2.45) is 0 Å². The van der Waals surface area contributed by atoms with Crippen molar-refractivity contribution in [3.8, 4) is 0 Å². The molecule has 0 aromatic rings. The van der Waals surface area contributed by atoms with E-state index in [9.17, 15) is 4.79 Å². The van der Waals surface area contributed by atoms with Gasteiger partial charge in [-0.1, -0.05) is 22.6 Å². The second-order valence-electron chi connectivity index (χ2n) is 3.43. The van der Waals surface area contributed by atoms with Crippen LogP contribution in [0.2, 0.25) is 0 Å². The first kappa shape index (κ1) is 12.3. The average Bonchev–Trinajstić information content (AvgIpc) is 2.55. The van der Waals surface area contributed by atoms with Gasteiger partial charge in [-0.05, 0) is 6.42 Å². The number of carbonyl (C=O) groups is 1. The van der Waals surface area contributed by atoms with Crippen LogP contribution in [0.25, 0.3) is 0 Å². The molecule has 4 nitrogen and oxygen atoms in total. The van der Waals surface area contributed by atoms with Crippen molar-refractivity contribution in [1.82, 2.24) is 5.32 Å². The lowest BCUT2D eigenvalue weighted by molar-refractivity contribution is -0.119. The van der Waals surface area contributed by atoms with Crippen LogP contribution in [0.1, 0.15) is 6.42 Å². The number of nitrogens with one attached hydrogen (secondary N) is 1. The van der Waals surface area contributed by atoms with E-state index >= 15 is 0 Å². The maximum atomic E-state index is 11.0. The number of alkyl halides is 1. The fraction of sp³-hybridized carbons (Fsp3) is 0.875. The summed E-state index contributed by atoms with van der Waals surface area (Å²) in [5.74, 6) is 0.0450. The summed E-state index contributed by atoms with van der Waals surface area (Å²) in [6.45, 7) is 0.546. The molecule has 1 unspecified atom stereocenters. The van der Waals surface area contributed by atoms with E-state index in [1.54, 1.807) is 7.11 Å². The highest BCUT2D eigenvalue weighted by atomic mass is 127. The SMILES string of the molecule is B[C@H]1CC(OC)[C@@H](CNC(=O)CI)O1. The Morgan fingerprint density at radius 1 is 1.79 bits per heavy atom. The molecule has 1 rings (SSSR count). The molecule has 1 saturated heterocycles. The monoisotopic (exact) mass is 311 g/mol. The van der Waals surface area contributed by atoms with E-state index in [0.29, 0.717) is 11.0 Å². The Kier molecular flexibility index (Phi) is 5.18. The normalized spacial score (nSPS) is 31.7. The van der Waals surface area contributed by atoms with E-state index in [-0.39, 0.29) is 24.1 Å². The molecule has 14 heavy (non-hydrogen) atoms. The van der Waals surface area contributed by atoms with Crippen LogP contribution >= 0.6 is 22.6 Å². The fourth-order valence-electron chi connectivity index (χ4n) is 1.61. The van der Waals surface area contributed by atoms with Gasteiger partial charge >= 0.3 is 0 Å². The predicted octanol–water partition coefficient (Wildman–Crippen LogP) is -0.699. The van der Waals surface area contributed by atoms with Gasteiger partial charge in [-0.3, -0.25) is 4.79 Å². The number of halogens is 1. The van der Waals surface area contributed by atoms with Crippen LogP contribution in [0.3, 0.4) is 0 Å². The predicted molar refractivity (Wildman–Crippen MR) is 64.5 cm³/mol. The van der Waals surface area contributed by atoms with Gasteiger partial charge in [-0.15, -0.1) is 0 Å². The fourth-order valence-corrected chi connectivity index (χ4v) is 1.88. The van der Waals surface area contributed by atoms with Crippen molar-refractivity contribution >= 4 is 36.3 Å². The van der Waals surface area contributed by atoms with Gasteiger partial charge in [0.25, 0.3) is 0 Å². The zero-order valence-electron chi connectivity index (χ0n) is 8.46. The molecule has 3 atom stereocenters. The minimum Gasteiger partial charge on any atom is -0.379 e. The smallest absolute Gasteiger partial charge is 0.229 e. The summed E-state index contributed by atoms with van der Waals surface area (Å²) >= 11 is 2.03. The molecule has 6 heteroatoms. The number of ether oxygens (including phenoxy) is 2. The van der Waals surface area contributed by atoms with E-state index in [0.717, 1.165) is 6.42 Å². The second kappa shape index (κ2) is 5.92. The lowest BCUT2D eigenvalue weighted by Gasteiger charge is -2.17. The molecule has 1 fully saturated rings. The van der Waals surface area contributed by atoms with Crippen LogP contribution in [0.5, 0.6) is 0 Å². The molecule has 0 radical (unpaired) electrons. The van der Waals surface area contributed by atoms with Gasteiger partial charge in [0.05, 0.1) is 10.5 Å². The highest BCUT2D eigenvalue weighted by Crippen LogP contribution is 2.20. The number of amides is 1. The van der Waals surface area contributed by atoms with Crippen LogP contribution in [-0.4, -0.2) is 50.0 Å². The maximum absolute atomic E-state index is 11.0. The summed E-state index contributed by atoms with van der Waals surface area (Å²) in [5, 5.41) is 2.81. The third kappa shape index (κ3) is 3.40. The van der Waals surface area contributed by atoms with Gasteiger partial charge in [0.15, 0.2) is 0 Å². The minimum absolute atomic E-state index is 0.00176. The van der Waals surface area contributed by atoms with E-state index in [1.807, 2.05) is 30.4 Å². The largest absolute Gasteiger partial charge is 0.379 e. The minimum atomic E-state index is 0.00176. The standard InChI is InChI=1S/C8H15BINO3/c1-13-5-2-7(9)14-6(5)4-11-8(12)3-10/h5-7H,2-4,9H2,1H3,(H,11,12)/t5?,6-,7-/m1/s1. The summed E-state index contributed by atoms with van der Waals surface area (Å²) in [6.07, 6.45) is 1.02. The van der Waals surface area contributed by atoms with Crippen LogP contribution in [0.15, 0.2) is 0 Å². The summed E-state index contributed by atoms with van der Waals surface area (Å²) in [4.78, 5) is 11.0. The Morgan fingerprint density at radius 2 is 2.50 bits per heavy atom. The molecule has 1 N–H and O–H groups in total. The number of hydrogen-bond acceptors (Lipinski definition) is 3. The lowest BCUT2D eigenvalue weighted by Crippen LogP contribution is -2.38. The van der Waals surface area contributed by atoms with Crippen molar-refractivity contribution in [1.29, 1.82) is 0 Å². The van der Waals surface area contributed by atoms with Crippen molar-refractivity contribution in [2.45, 2.75) is 24.6 Å². The Labute approximate surface area is 98.6 Å². The summed E-state index contributed by atoms with van der Waals surface area (Å²) in [6, 6.07) is 0.224. The molecule has 0 saturated carbocycles. The first-order valence-corrected chi connectivity index (χ1v) is 6.20. The maximum Gasteiger partial charge on any atom is 0.229 e. The third-order valence-corrected chi connectivity index (χ3v) is 3.00. The molecular weight excluding hydrogens is 296 g/mol. The van der Waals surface area contributed by atoms with Crippen molar-refractivity contribution in [3.05, 3.63) is 0 Å². The number of hydrogen-bond donors (Lipinski definition) is 1. The molecular formula is C8H15BINO3. The highest BCUT2D eigenvalue weighted by molar-refractivity contribution is 14.1. The molecule has 1 heterocycles. The first-order chi connectivity index (χ1) is 6.67. The van der Waals surface area contributed by atoms with Crippen molar-refractivity contribution in [3.63, 3.8) is 0 Å².